The van der Waals surface area contributed by atoms with Crippen molar-refractivity contribution in [2.24, 2.45) is 0 Å². The van der Waals surface area contributed by atoms with E-state index < -0.39 is 0 Å². The Kier molecular flexibility index (Phi) is 6.27. The molecule has 0 saturated carbocycles. The van der Waals surface area contributed by atoms with Crippen molar-refractivity contribution in [2.75, 3.05) is 7.05 Å². The molecule has 0 aliphatic heterocycles. The Balaban J connectivity index is 1.91. The quantitative estimate of drug-likeness (QED) is 0.613. The van der Waals surface area contributed by atoms with Crippen LogP contribution in [0.4, 0.5) is 0 Å². The first-order valence-corrected chi connectivity index (χ1v) is 8.91. The van der Waals surface area contributed by atoms with Gasteiger partial charge in [-0.2, -0.15) is 0 Å². The highest BCUT2D eigenvalue weighted by molar-refractivity contribution is 9.08. The van der Waals surface area contributed by atoms with E-state index in [0.717, 1.165) is 23.7 Å². The lowest BCUT2D eigenvalue weighted by molar-refractivity contribution is 0.319. The third kappa shape index (κ3) is 4.72. The summed E-state index contributed by atoms with van der Waals surface area (Å²) >= 11 is 6.95. The van der Waals surface area contributed by atoms with Crippen LogP contribution in [0.5, 0.6) is 0 Å². The van der Waals surface area contributed by atoms with Gasteiger partial charge in [0, 0.05) is 23.7 Å². The molecule has 0 aliphatic rings. The molecule has 2 aromatic rings. The van der Waals surface area contributed by atoms with Gasteiger partial charge >= 0.3 is 0 Å². The second-order valence-electron chi connectivity index (χ2n) is 5.07. The molecule has 3 heteroatoms. The zero-order valence-electron chi connectivity index (χ0n) is 11.7. The van der Waals surface area contributed by atoms with E-state index in [2.05, 4.69) is 92.3 Å². The lowest BCUT2D eigenvalue weighted by Gasteiger charge is -2.17. The molecule has 0 unspecified atom stereocenters. The first-order valence-electron chi connectivity index (χ1n) is 6.67. The van der Waals surface area contributed by atoms with Crippen LogP contribution < -0.4 is 0 Å². The van der Waals surface area contributed by atoms with Crippen LogP contribution in [0.2, 0.25) is 0 Å². The lowest BCUT2D eigenvalue weighted by atomic mass is 10.1. The minimum Gasteiger partial charge on any atom is -0.298 e. The van der Waals surface area contributed by atoms with Gasteiger partial charge in [0.25, 0.3) is 0 Å². The maximum atomic E-state index is 3.48. The Morgan fingerprint density at radius 3 is 1.25 bits per heavy atom. The van der Waals surface area contributed by atoms with E-state index in [1.165, 1.54) is 22.3 Å². The van der Waals surface area contributed by atoms with Gasteiger partial charge < -0.3 is 0 Å². The smallest absolute Gasteiger partial charge is 0.0283 e. The van der Waals surface area contributed by atoms with E-state index in [1.54, 1.807) is 0 Å². The third-order valence-electron chi connectivity index (χ3n) is 3.26. The molecular weight excluding hydrogens is 378 g/mol. The van der Waals surface area contributed by atoms with Gasteiger partial charge in [0.15, 0.2) is 0 Å². The summed E-state index contributed by atoms with van der Waals surface area (Å²) in [5.41, 5.74) is 5.35. The fourth-order valence-corrected chi connectivity index (χ4v) is 2.89. The van der Waals surface area contributed by atoms with Crippen LogP contribution in [0.15, 0.2) is 48.5 Å². The van der Waals surface area contributed by atoms with Crippen molar-refractivity contribution in [2.45, 2.75) is 23.7 Å². The van der Waals surface area contributed by atoms with Crippen molar-refractivity contribution < 1.29 is 0 Å². The third-order valence-corrected chi connectivity index (χ3v) is 4.55. The summed E-state index contributed by atoms with van der Waals surface area (Å²) in [4.78, 5) is 2.34. The highest BCUT2D eigenvalue weighted by atomic mass is 79.9. The van der Waals surface area contributed by atoms with E-state index in [9.17, 15) is 0 Å². The second kappa shape index (κ2) is 7.96. The fourth-order valence-electron chi connectivity index (χ4n) is 2.15. The summed E-state index contributed by atoms with van der Waals surface area (Å²) in [7, 11) is 2.16. The summed E-state index contributed by atoms with van der Waals surface area (Å²) in [6, 6.07) is 17.6. The fraction of sp³-hybridized carbons (Fsp3) is 0.294. The van der Waals surface area contributed by atoms with Crippen LogP contribution in [0.1, 0.15) is 22.3 Å². The van der Waals surface area contributed by atoms with E-state index >= 15 is 0 Å². The van der Waals surface area contributed by atoms with E-state index in [4.69, 9.17) is 0 Å². The van der Waals surface area contributed by atoms with Gasteiger partial charge in [-0.15, -0.1) is 0 Å². The van der Waals surface area contributed by atoms with Crippen molar-refractivity contribution in [1.82, 2.24) is 4.90 Å². The Morgan fingerprint density at radius 2 is 0.950 bits per heavy atom. The van der Waals surface area contributed by atoms with E-state index in [1.807, 2.05) is 0 Å². The molecule has 1 nitrogen and oxygen atoms in total. The first-order chi connectivity index (χ1) is 9.71. The molecule has 20 heavy (non-hydrogen) atoms. The van der Waals surface area contributed by atoms with E-state index in [-0.39, 0.29) is 0 Å². The SMILES string of the molecule is CN(Cc1ccc(CBr)cc1)Cc1ccc(CBr)cc1. The standard InChI is InChI=1S/C17H19Br2N/c1-20(12-16-6-2-14(10-18)3-7-16)13-17-8-4-15(11-19)5-9-17/h2-9H,10-13H2,1H3. The number of halogens is 2. The predicted octanol–water partition coefficient (Wildman–Crippen LogP) is 5.11. The van der Waals surface area contributed by atoms with Crippen LogP contribution >= 0.6 is 31.9 Å². The zero-order chi connectivity index (χ0) is 14.4. The molecule has 0 aliphatic carbocycles. The monoisotopic (exact) mass is 395 g/mol. The van der Waals surface area contributed by atoms with Gasteiger partial charge in [0.2, 0.25) is 0 Å². The van der Waals surface area contributed by atoms with Crippen molar-refractivity contribution in [3.63, 3.8) is 0 Å². The van der Waals surface area contributed by atoms with Gasteiger partial charge in [0.1, 0.15) is 0 Å². The molecule has 2 rings (SSSR count). The Hall–Kier alpha value is -0.640. The number of rotatable bonds is 6. The Bertz CT molecular complexity index is 470. The largest absolute Gasteiger partial charge is 0.298 e. The Labute approximate surface area is 138 Å². The number of hydrogen-bond acceptors (Lipinski definition) is 1. The molecule has 0 saturated heterocycles. The lowest BCUT2D eigenvalue weighted by Crippen LogP contribution is -2.17. The number of benzene rings is 2. The topological polar surface area (TPSA) is 3.24 Å². The number of nitrogens with zero attached hydrogens (tertiary/aromatic N) is 1. The van der Waals surface area contributed by atoms with Crippen molar-refractivity contribution >= 4 is 31.9 Å². The average molecular weight is 397 g/mol. The molecule has 0 heterocycles. The second-order valence-corrected chi connectivity index (χ2v) is 6.19. The van der Waals surface area contributed by atoms with E-state index in [0.29, 0.717) is 0 Å². The predicted molar refractivity (Wildman–Crippen MR) is 93.3 cm³/mol. The maximum Gasteiger partial charge on any atom is 0.0283 e. The minimum absolute atomic E-state index is 0.920. The highest BCUT2D eigenvalue weighted by Gasteiger charge is 2.02. The van der Waals surface area contributed by atoms with Crippen molar-refractivity contribution in [3.05, 3.63) is 70.8 Å². The maximum absolute atomic E-state index is 3.48. The zero-order valence-corrected chi connectivity index (χ0v) is 14.8. The van der Waals surface area contributed by atoms with Crippen LogP contribution in [0.25, 0.3) is 0 Å². The Morgan fingerprint density at radius 1 is 0.650 bits per heavy atom. The number of hydrogen-bond donors (Lipinski definition) is 0. The van der Waals surface area contributed by atoms with Gasteiger partial charge in [-0.05, 0) is 29.3 Å². The number of alkyl halides is 2. The molecule has 0 bridgehead atoms. The first kappa shape index (κ1) is 15.7. The highest BCUT2D eigenvalue weighted by Crippen LogP contribution is 2.13. The van der Waals surface area contributed by atoms with Gasteiger partial charge in [-0.1, -0.05) is 80.4 Å². The molecule has 0 amide bonds. The van der Waals surface area contributed by atoms with Crippen LogP contribution in [0, 0.1) is 0 Å². The van der Waals surface area contributed by atoms with Crippen LogP contribution in [-0.2, 0) is 23.7 Å². The molecule has 0 N–H and O–H groups in total. The molecule has 2 aromatic carbocycles. The normalized spacial score (nSPS) is 11.0. The molecular formula is C17H19Br2N. The molecule has 0 fully saturated rings. The summed E-state index contributed by atoms with van der Waals surface area (Å²) in [6.07, 6.45) is 0. The molecule has 0 aromatic heterocycles. The minimum atomic E-state index is 0.920. The molecule has 0 atom stereocenters. The van der Waals surface area contributed by atoms with Gasteiger partial charge in [-0.3, -0.25) is 4.90 Å². The van der Waals surface area contributed by atoms with Crippen LogP contribution in [0.3, 0.4) is 0 Å². The van der Waals surface area contributed by atoms with Crippen molar-refractivity contribution in [1.29, 1.82) is 0 Å². The summed E-state index contributed by atoms with van der Waals surface area (Å²) in [6.45, 7) is 1.95. The molecule has 0 radical (unpaired) electrons. The summed E-state index contributed by atoms with van der Waals surface area (Å²) in [5, 5.41) is 1.84. The average Bonchev–Trinajstić information content (AvgIpc) is 2.49. The van der Waals surface area contributed by atoms with Crippen LogP contribution in [-0.4, -0.2) is 11.9 Å². The summed E-state index contributed by atoms with van der Waals surface area (Å²) in [5.74, 6) is 0. The molecule has 0 spiro atoms. The molecule has 106 valence electrons. The summed E-state index contributed by atoms with van der Waals surface area (Å²) < 4.78 is 0. The van der Waals surface area contributed by atoms with Gasteiger partial charge in [0.05, 0.1) is 0 Å². The van der Waals surface area contributed by atoms with Crippen molar-refractivity contribution in [3.8, 4) is 0 Å². The van der Waals surface area contributed by atoms with Gasteiger partial charge in [-0.25, -0.2) is 0 Å².